The number of aromatic hydroxyl groups is 1. The van der Waals surface area contributed by atoms with E-state index in [-0.39, 0.29) is 11.5 Å². The number of ether oxygens (including phenoxy) is 1. The van der Waals surface area contributed by atoms with Crippen molar-refractivity contribution in [2.24, 2.45) is 5.41 Å². The third kappa shape index (κ3) is 2.09. The second kappa shape index (κ2) is 3.44. The van der Waals surface area contributed by atoms with Gasteiger partial charge in [-0.3, -0.25) is 0 Å². The summed E-state index contributed by atoms with van der Waals surface area (Å²) in [7, 11) is 0. The predicted octanol–water partition coefficient (Wildman–Crippen LogP) is 3.13. The van der Waals surface area contributed by atoms with Gasteiger partial charge < -0.3 is 9.84 Å². The first kappa shape index (κ1) is 10.3. The summed E-state index contributed by atoms with van der Waals surface area (Å²) in [6, 6.07) is 5.35. The first-order valence-corrected chi connectivity index (χ1v) is 5.45. The van der Waals surface area contributed by atoms with Gasteiger partial charge in [0.05, 0.1) is 0 Å². The molecule has 0 radical (unpaired) electrons. The van der Waals surface area contributed by atoms with E-state index in [2.05, 4.69) is 20.8 Å². The van der Waals surface area contributed by atoms with Crippen molar-refractivity contribution in [2.75, 3.05) is 0 Å². The Labute approximate surface area is 90.9 Å². The molecule has 1 aliphatic heterocycles. The van der Waals surface area contributed by atoms with Crippen molar-refractivity contribution in [3.05, 3.63) is 23.8 Å². The Morgan fingerprint density at radius 3 is 2.73 bits per heavy atom. The van der Waals surface area contributed by atoms with Crippen LogP contribution in [0, 0.1) is 5.41 Å². The molecule has 0 bridgehead atoms. The minimum Gasteiger partial charge on any atom is -0.508 e. The van der Waals surface area contributed by atoms with Crippen molar-refractivity contribution in [3.8, 4) is 11.5 Å². The molecule has 1 N–H and O–H groups in total. The van der Waals surface area contributed by atoms with E-state index in [0.717, 1.165) is 24.2 Å². The fraction of sp³-hybridized carbons (Fsp3) is 0.538. The molecule has 1 heterocycles. The largest absolute Gasteiger partial charge is 0.508 e. The fourth-order valence-corrected chi connectivity index (χ4v) is 1.98. The first-order chi connectivity index (χ1) is 6.97. The van der Waals surface area contributed by atoms with E-state index < -0.39 is 0 Å². The molecule has 82 valence electrons. The molecule has 1 atom stereocenters. The van der Waals surface area contributed by atoms with E-state index in [1.165, 1.54) is 0 Å². The molecule has 1 aromatic rings. The van der Waals surface area contributed by atoms with Crippen LogP contribution in [0.25, 0.3) is 0 Å². The Kier molecular flexibility index (Phi) is 2.37. The lowest BCUT2D eigenvalue weighted by atomic mass is 9.84. The molecule has 1 aromatic carbocycles. The van der Waals surface area contributed by atoms with Crippen LogP contribution in [0.5, 0.6) is 11.5 Å². The van der Waals surface area contributed by atoms with Crippen LogP contribution >= 0.6 is 0 Å². The maximum atomic E-state index is 9.36. The zero-order valence-electron chi connectivity index (χ0n) is 9.58. The highest BCUT2D eigenvalue weighted by Gasteiger charge is 2.30. The van der Waals surface area contributed by atoms with Crippen LogP contribution in [0.3, 0.4) is 0 Å². The van der Waals surface area contributed by atoms with Gasteiger partial charge in [-0.25, -0.2) is 0 Å². The Balaban J connectivity index is 2.24. The second-order valence-corrected chi connectivity index (χ2v) is 5.30. The average Bonchev–Trinajstić information content (AvgIpc) is 2.15. The molecule has 0 saturated carbocycles. The van der Waals surface area contributed by atoms with Gasteiger partial charge in [0.2, 0.25) is 0 Å². The smallest absolute Gasteiger partial charge is 0.123 e. The quantitative estimate of drug-likeness (QED) is 0.706. The van der Waals surface area contributed by atoms with Gasteiger partial charge in [0.1, 0.15) is 17.6 Å². The van der Waals surface area contributed by atoms with E-state index in [4.69, 9.17) is 4.74 Å². The fourth-order valence-electron chi connectivity index (χ4n) is 1.98. The van der Waals surface area contributed by atoms with Crippen LogP contribution in [0.2, 0.25) is 0 Å². The average molecular weight is 206 g/mol. The molecule has 0 fully saturated rings. The highest BCUT2D eigenvalue weighted by atomic mass is 16.5. The maximum absolute atomic E-state index is 9.36. The van der Waals surface area contributed by atoms with Crippen molar-refractivity contribution in [1.29, 1.82) is 0 Å². The molecule has 0 saturated heterocycles. The Morgan fingerprint density at radius 1 is 1.33 bits per heavy atom. The monoisotopic (exact) mass is 206 g/mol. The molecule has 15 heavy (non-hydrogen) atoms. The van der Waals surface area contributed by atoms with Gasteiger partial charge in [-0.1, -0.05) is 20.8 Å². The lowest BCUT2D eigenvalue weighted by Gasteiger charge is -2.35. The standard InChI is InChI=1S/C13H18O2/c1-13(2,3)12-7-4-9-8-10(14)5-6-11(9)15-12/h5-6,8,12,14H,4,7H2,1-3H3. The van der Waals surface area contributed by atoms with Gasteiger partial charge in [-0.05, 0) is 42.0 Å². The van der Waals surface area contributed by atoms with E-state index in [0.29, 0.717) is 5.75 Å². The molecular weight excluding hydrogens is 188 g/mol. The minimum atomic E-state index is 0.176. The highest BCUT2D eigenvalue weighted by Crippen LogP contribution is 2.36. The van der Waals surface area contributed by atoms with Gasteiger partial charge in [0.25, 0.3) is 0 Å². The van der Waals surface area contributed by atoms with Crippen molar-refractivity contribution < 1.29 is 9.84 Å². The van der Waals surface area contributed by atoms with Crippen molar-refractivity contribution >= 4 is 0 Å². The maximum Gasteiger partial charge on any atom is 0.123 e. The SMILES string of the molecule is CC(C)(C)C1CCc2cc(O)ccc2O1. The molecular formula is C13H18O2. The summed E-state index contributed by atoms with van der Waals surface area (Å²) in [5.41, 5.74) is 1.30. The Hall–Kier alpha value is -1.18. The zero-order chi connectivity index (χ0) is 11.1. The van der Waals surface area contributed by atoms with Gasteiger partial charge in [0, 0.05) is 0 Å². The molecule has 0 aliphatic carbocycles. The summed E-state index contributed by atoms with van der Waals surface area (Å²) in [6.07, 6.45) is 2.29. The summed E-state index contributed by atoms with van der Waals surface area (Å²) >= 11 is 0. The van der Waals surface area contributed by atoms with Crippen LogP contribution in [0.15, 0.2) is 18.2 Å². The minimum absolute atomic E-state index is 0.176. The predicted molar refractivity (Wildman–Crippen MR) is 60.3 cm³/mol. The molecule has 1 unspecified atom stereocenters. The van der Waals surface area contributed by atoms with E-state index in [1.807, 2.05) is 6.07 Å². The third-order valence-electron chi connectivity index (χ3n) is 2.96. The zero-order valence-corrected chi connectivity index (χ0v) is 9.58. The van der Waals surface area contributed by atoms with Gasteiger partial charge in [-0.15, -0.1) is 0 Å². The first-order valence-electron chi connectivity index (χ1n) is 5.45. The Bertz CT molecular complexity index is 363. The van der Waals surface area contributed by atoms with E-state index in [9.17, 15) is 5.11 Å². The lowest BCUT2D eigenvalue weighted by molar-refractivity contribution is 0.0673. The van der Waals surface area contributed by atoms with Gasteiger partial charge >= 0.3 is 0 Å². The molecule has 2 rings (SSSR count). The van der Waals surface area contributed by atoms with E-state index in [1.54, 1.807) is 12.1 Å². The summed E-state index contributed by atoms with van der Waals surface area (Å²) in [4.78, 5) is 0. The number of phenolic OH excluding ortho intramolecular Hbond substituents is 1. The topological polar surface area (TPSA) is 29.5 Å². The summed E-state index contributed by atoms with van der Waals surface area (Å²) < 4.78 is 5.94. The van der Waals surface area contributed by atoms with E-state index >= 15 is 0 Å². The van der Waals surface area contributed by atoms with Crippen molar-refractivity contribution in [3.63, 3.8) is 0 Å². The highest BCUT2D eigenvalue weighted by molar-refractivity contribution is 5.41. The summed E-state index contributed by atoms with van der Waals surface area (Å²) in [5, 5.41) is 9.36. The number of benzene rings is 1. The number of phenols is 1. The van der Waals surface area contributed by atoms with Gasteiger partial charge in [0.15, 0.2) is 0 Å². The number of hydrogen-bond donors (Lipinski definition) is 1. The summed E-state index contributed by atoms with van der Waals surface area (Å²) in [5.74, 6) is 1.26. The normalized spacial score (nSPS) is 20.6. The van der Waals surface area contributed by atoms with Crippen LogP contribution in [-0.4, -0.2) is 11.2 Å². The van der Waals surface area contributed by atoms with Crippen LogP contribution < -0.4 is 4.74 Å². The van der Waals surface area contributed by atoms with Crippen LogP contribution in [-0.2, 0) is 6.42 Å². The molecule has 0 amide bonds. The number of aryl methyl sites for hydroxylation is 1. The molecule has 0 spiro atoms. The van der Waals surface area contributed by atoms with Crippen molar-refractivity contribution in [2.45, 2.75) is 39.7 Å². The number of fused-ring (bicyclic) bond motifs is 1. The van der Waals surface area contributed by atoms with Crippen LogP contribution in [0.1, 0.15) is 32.8 Å². The number of rotatable bonds is 0. The second-order valence-electron chi connectivity index (χ2n) is 5.30. The third-order valence-corrected chi connectivity index (χ3v) is 2.96. The molecule has 2 heteroatoms. The lowest BCUT2D eigenvalue weighted by Crippen LogP contribution is -2.35. The van der Waals surface area contributed by atoms with Crippen LogP contribution in [0.4, 0.5) is 0 Å². The number of hydrogen-bond acceptors (Lipinski definition) is 2. The molecule has 0 aromatic heterocycles. The Morgan fingerprint density at radius 2 is 2.07 bits per heavy atom. The van der Waals surface area contributed by atoms with Crippen molar-refractivity contribution in [1.82, 2.24) is 0 Å². The molecule has 1 aliphatic rings. The summed E-state index contributed by atoms with van der Waals surface area (Å²) in [6.45, 7) is 6.59. The van der Waals surface area contributed by atoms with Gasteiger partial charge in [-0.2, -0.15) is 0 Å². The molecule has 2 nitrogen and oxygen atoms in total.